The molecule has 18 heteroatoms. The van der Waals surface area contributed by atoms with Crippen LogP contribution in [-0.4, -0.2) is 85.7 Å². The van der Waals surface area contributed by atoms with Crippen molar-refractivity contribution in [3.8, 4) is 11.5 Å². The third-order valence-electron chi connectivity index (χ3n) is 7.89. The summed E-state index contributed by atoms with van der Waals surface area (Å²) < 4.78 is 61.9. The standard InChI is InChI=1S/C27H52O10Si8/c1-27(2,24-14-18-26(19-15-24)29-22-45(10)36-42(7)32-39(4)33-43(8)37-45)23-12-16-25(17-13-23)28-20-11-21-44(9)34-40(5)30-38(3)31-41(6)35-44/h12-19,38-43H,11,20-22H2,1-10H3. The lowest BCUT2D eigenvalue weighted by molar-refractivity contribution is 0.242. The summed E-state index contributed by atoms with van der Waals surface area (Å²) in [4.78, 5) is 0. The fourth-order valence-electron chi connectivity index (χ4n) is 5.80. The van der Waals surface area contributed by atoms with Gasteiger partial charge in [0, 0.05) is 5.41 Å². The van der Waals surface area contributed by atoms with Crippen LogP contribution >= 0.6 is 0 Å². The van der Waals surface area contributed by atoms with Gasteiger partial charge in [-0.3, -0.25) is 0 Å². The smallest absolute Gasteiger partial charge is 0.355 e. The first-order valence-electron chi connectivity index (χ1n) is 15.9. The van der Waals surface area contributed by atoms with Gasteiger partial charge in [-0.15, -0.1) is 0 Å². The van der Waals surface area contributed by atoms with Crippen molar-refractivity contribution in [2.45, 2.75) is 84.1 Å². The van der Waals surface area contributed by atoms with E-state index in [1.54, 1.807) is 0 Å². The Bertz CT molecular complexity index is 1180. The quantitative estimate of drug-likeness (QED) is 0.261. The molecule has 2 fully saturated rings. The molecular formula is C27H52O10Si8. The second-order valence-corrected chi connectivity index (χ2v) is 32.9. The van der Waals surface area contributed by atoms with Crippen molar-refractivity contribution in [3.05, 3.63) is 59.7 Å². The third-order valence-corrected chi connectivity index (χ3v) is 35.4. The molecule has 2 aliphatic rings. The largest absolute Gasteiger partial charge is 0.494 e. The van der Waals surface area contributed by atoms with E-state index in [-0.39, 0.29) is 5.41 Å². The van der Waals surface area contributed by atoms with Crippen molar-refractivity contribution in [2.75, 3.05) is 12.8 Å². The molecule has 2 aromatic rings. The zero-order valence-corrected chi connectivity index (χ0v) is 37.4. The lowest BCUT2D eigenvalue weighted by atomic mass is 9.78. The van der Waals surface area contributed by atoms with Crippen LogP contribution in [0.15, 0.2) is 48.5 Å². The molecule has 0 radical (unpaired) electrons. The Hall–Kier alpha value is -0.545. The summed E-state index contributed by atoms with van der Waals surface area (Å²) in [5.41, 5.74) is 2.22. The molecule has 2 heterocycles. The van der Waals surface area contributed by atoms with Crippen molar-refractivity contribution in [2.24, 2.45) is 0 Å². The average Bonchev–Trinajstić information content (AvgIpc) is 2.92. The average molecular weight is 761 g/mol. The van der Waals surface area contributed by atoms with Crippen molar-refractivity contribution < 1.29 is 42.4 Å². The molecule has 0 amide bonds. The minimum atomic E-state index is -2.56. The molecule has 0 saturated carbocycles. The second kappa shape index (κ2) is 16.2. The summed E-state index contributed by atoms with van der Waals surface area (Å²) in [6.07, 6.45) is 1.27. The van der Waals surface area contributed by atoms with Gasteiger partial charge in [0.05, 0.1) is 6.61 Å². The summed E-state index contributed by atoms with van der Waals surface area (Å²) in [7, 11) is -15.2. The maximum absolute atomic E-state index is 6.38. The predicted octanol–water partition coefficient (Wildman–Crippen LogP) is 4.11. The zero-order chi connectivity index (χ0) is 32.8. The molecule has 2 aromatic carbocycles. The van der Waals surface area contributed by atoms with E-state index >= 15 is 0 Å². The molecule has 2 aliphatic heterocycles. The Kier molecular flexibility index (Phi) is 13.4. The summed E-state index contributed by atoms with van der Waals surface area (Å²) in [5, 5.41) is 0. The van der Waals surface area contributed by atoms with Crippen LogP contribution < -0.4 is 9.47 Å². The van der Waals surface area contributed by atoms with Crippen molar-refractivity contribution in [3.63, 3.8) is 0 Å². The third kappa shape index (κ3) is 11.3. The van der Waals surface area contributed by atoms with Crippen molar-refractivity contribution >= 4 is 72.8 Å². The highest BCUT2D eigenvalue weighted by molar-refractivity contribution is 6.82. The SMILES string of the molecule is C[SiH]1O[SiH](C)O[Si](C)(CCCOc2ccc(C(C)(C)c3ccc(OC[Si]4(C)O[SiH](C)O[SiH](C)O[SiH](C)O4)cc3)cc2)O[SiH](C)O1. The number of rotatable bonds is 10. The van der Waals surface area contributed by atoms with Gasteiger partial charge in [-0.05, 0) is 100 Å². The molecule has 0 aromatic heterocycles. The molecule has 0 aliphatic carbocycles. The maximum atomic E-state index is 6.38. The van der Waals surface area contributed by atoms with Gasteiger partial charge >= 0.3 is 17.1 Å². The van der Waals surface area contributed by atoms with E-state index in [0.29, 0.717) is 12.8 Å². The maximum Gasteiger partial charge on any atom is 0.355 e. The van der Waals surface area contributed by atoms with Crippen LogP contribution in [0.4, 0.5) is 0 Å². The Morgan fingerprint density at radius 3 is 1.36 bits per heavy atom. The van der Waals surface area contributed by atoms with E-state index in [9.17, 15) is 0 Å². The van der Waals surface area contributed by atoms with Crippen LogP contribution in [0, 0.1) is 0 Å². The van der Waals surface area contributed by atoms with E-state index in [2.05, 4.69) is 83.0 Å². The number of hydrogen-bond donors (Lipinski definition) is 0. The second-order valence-electron chi connectivity index (χ2n) is 12.6. The summed E-state index contributed by atoms with van der Waals surface area (Å²) in [6.45, 7) is 21.6. The molecule has 0 spiro atoms. The summed E-state index contributed by atoms with van der Waals surface area (Å²) in [5.74, 6) is 1.66. The van der Waals surface area contributed by atoms with Gasteiger partial charge in [0.15, 0.2) is 0 Å². The van der Waals surface area contributed by atoms with E-state index in [1.165, 1.54) is 11.1 Å². The molecule has 10 nitrogen and oxygen atoms in total. The van der Waals surface area contributed by atoms with E-state index < -0.39 is 72.8 Å². The van der Waals surface area contributed by atoms with Crippen LogP contribution in [-0.2, 0) is 38.3 Å². The highest BCUT2D eigenvalue weighted by Gasteiger charge is 2.41. The van der Waals surface area contributed by atoms with E-state index in [0.717, 1.165) is 24.0 Å². The fourth-order valence-corrected chi connectivity index (χ4v) is 34.4. The number of hydrogen-bond acceptors (Lipinski definition) is 10. The van der Waals surface area contributed by atoms with Crippen molar-refractivity contribution in [1.82, 2.24) is 0 Å². The Balaban J connectivity index is 1.28. The Labute approximate surface area is 282 Å². The monoisotopic (exact) mass is 760 g/mol. The van der Waals surface area contributed by atoms with Gasteiger partial charge in [0.1, 0.15) is 17.7 Å². The molecular weight excluding hydrogens is 709 g/mol. The first-order chi connectivity index (χ1) is 21.1. The zero-order valence-electron chi connectivity index (χ0n) is 28.5. The van der Waals surface area contributed by atoms with Crippen molar-refractivity contribution in [1.29, 1.82) is 0 Å². The lowest BCUT2D eigenvalue weighted by Crippen LogP contribution is -2.56. The number of benzene rings is 2. The van der Waals surface area contributed by atoms with Crippen LogP contribution in [0.25, 0.3) is 0 Å². The lowest BCUT2D eigenvalue weighted by Gasteiger charge is -2.37. The normalized spacial score (nSPS) is 33.4. The topological polar surface area (TPSA) is 92.3 Å². The molecule has 252 valence electrons. The van der Waals surface area contributed by atoms with Crippen LogP contribution in [0.3, 0.4) is 0 Å². The summed E-state index contributed by atoms with van der Waals surface area (Å²) >= 11 is 0. The van der Waals surface area contributed by atoms with Gasteiger partial charge in [-0.2, -0.15) is 0 Å². The summed E-state index contributed by atoms with van der Waals surface area (Å²) in [6, 6.07) is 17.6. The first kappa shape index (κ1) is 37.3. The highest BCUT2D eigenvalue weighted by Crippen LogP contribution is 2.34. The molecule has 45 heavy (non-hydrogen) atoms. The first-order valence-corrected chi connectivity index (χ1v) is 33.6. The van der Waals surface area contributed by atoms with Crippen LogP contribution in [0.5, 0.6) is 11.5 Å². The van der Waals surface area contributed by atoms with Gasteiger partial charge < -0.3 is 42.4 Å². The van der Waals surface area contributed by atoms with E-state index in [1.807, 2.05) is 31.8 Å². The molecule has 0 N–H and O–H groups in total. The predicted molar refractivity (Wildman–Crippen MR) is 195 cm³/mol. The van der Waals surface area contributed by atoms with Gasteiger partial charge in [0.25, 0.3) is 55.7 Å². The molecule has 4 rings (SSSR count). The Morgan fingerprint density at radius 2 is 0.933 bits per heavy atom. The van der Waals surface area contributed by atoms with Gasteiger partial charge in [0.2, 0.25) is 0 Å². The molecule has 4 unspecified atom stereocenters. The minimum Gasteiger partial charge on any atom is -0.494 e. The van der Waals surface area contributed by atoms with E-state index in [4.69, 9.17) is 42.4 Å². The van der Waals surface area contributed by atoms with Crippen LogP contribution in [0.2, 0.25) is 58.4 Å². The minimum absolute atomic E-state index is 0.195. The van der Waals surface area contributed by atoms with Crippen LogP contribution in [0.1, 0.15) is 31.4 Å². The van der Waals surface area contributed by atoms with Gasteiger partial charge in [-0.1, -0.05) is 38.1 Å². The number of ether oxygens (including phenoxy) is 2. The highest BCUT2D eigenvalue weighted by atomic mass is 28.5. The fraction of sp³-hybridized carbons (Fsp3) is 0.556. The molecule has 4 atom stereocenters. The van der Waals surface area contributed by atoms with Gasteiger partial charge in [-0.25, -0.2) is 0 Å². The molecule has 0 bridgehead atoms. The Morgan fingerprint density at radius 1 is 0.556 bits per heavy atom. The molecule has 2 saturated heterocycles.